The zero-order chi connectivity index (χ0) is 15.2. The van der Waals surface area contributed by atoms with Crippen LogP contribution in [0.15, 0.2) is 30.3 Å². The molecule has 0 spiro atoms. The SMILES string of the molecule is CCCCCCCCCCC(N)CCCc1ccccc1. The van der Waals surface area contributed by atoms with Crippen molar-refractivity contribution >= 4 is 0 Å². The van der Waals surface area contributed by atoms with Crippen molar-refractivity contribution in [3.05, 3.63) is 35.9 Å². The first-order chi connectivity index (χ1) is 10.3. The zero-order valence-electron chi connectivity index (χ0n) is 14.0. The number of unbranched alkanes of at least 4 members (excludes halogenated alkanes) is 7. The summed E-state index contributed by atoms with van der Waals surface area (Å²) in [6.07, 6.45) is 15.9. The third-order valence-corrected chi connectivity index (χ3v) is 4.31. The van der Waals surface area contributed by atoms with Crippen molar-refractivity contribution in [2.75, 3.05) is 0 Å². The number of hydrogen-bond donors (Lipinski definition) is 1. The van der Waals surface area contributed by atoms with Gasteiger partial charge in [0.15, 0.2) is 0 Å². The largest absolute Gasteiger partial charge is 0.328 e. The predicted octanol–water partition coefficient (Wildman–Crippen LogP) is 5.87. The molecule has 0 saturated carbocycles. The Morgan fingerprint density at radius 2 is 1.33 bits per heavy atom. The lowest BCUT2D eigenvalue weighted by molar-refractivity contribution is 0.497. The summed E-state index contributed by atoms with van der Waals surface area (Å²) in [5.74, 6) is 0. The Hall–Kier alpha value is -0.820. The van der Waals surface area contributed by atoms with Crippen LogP contribution < -0.4 is 5.73 Å². The van der Waals surface area contributed by atoms with Crippen LogP contribution in [0.25, 0.3) is 0 Å². The summed E-state index contributed by atoms with van der Waals surface area (Å²) in [6.45, 7) is 2.28. The molecule has 1 heteroatoms. The Morgan fingerprint density at radius 3 is 2.00 bits per heavy atom. The first kappa shape index (κ1) is 18.2. The van der Waals surface area contributed by atoms with Crippen molar-refractivity contribution in [2.24, 2.45) is 5.73 Å². The Labute approximate surface area is 132 Å². The highest BCUT2D eigenvalue weighted by Crippen LogP contribution is 2.12. The molecule has 2 N–H and O–H groups in total. The standard InChI is InChI=1S/C20H35N/c1-2-3-4-5-6-7-8-12-17-20(21)18-13-16-19-14-10-9-11-15-19/h9-11,14-15,20H,2-8,12-13,16-18,21H2,1H3. The van der Waals surface area contributed by atoms with Crippen LogP contribution in [0.5, 0.6) is 0 Å². The third-order valence-electron chi connectivity index (χ3n) is 4.31. The van der Waals surface area contributed by atoms with Gasteiger partial charge in [-0.05, 0) is 31.2 Å². The quantitative estimate of drug-likeness (QED) is 0.452. The molecule has 0 aromatic heterocycles. The molecule has 0 bridgehead atoms. The molecule has 0 aliphatic rings. The Balaban J connectivity index is 1.88. The number of hydrogen-bond acceptors (Lipinski definition) is 1. The topological polar surface area (TPSA) is 26.0 Å². The molecule has 0 aliphatic heterocycles. The van der Waals surface area contributed by atoms with Crippen LogP contribution >= 0.6 is 0 Å². The van der Waals surface area contributed by atoms with Gasteiger partial charge in [-0.2, -0.15) is 0 Å². The van der Waals surface area contributed by atoms with Gasteiger partial charge in [0.2, 0.25) is 0 Å². The van der Waals surface area contributed by atoms with Crippen LogP contribution in [0.1, 0.15) is 83.1 Å². The minimum Gasteiger partial charge on any atom is -0.328 e. The van der Waals surface area contributed by atoms with Gasteiger partial charge in [0.25, 0.3) is 0 Å². The van der Waals surface area contributed by atoms with Gasteiger partial charge in [0.1, 0.15) is 0 Å². The Kier molecular flexibility index (Phi) is 11.2. The van der Waals surface area contributed by atoms with Crippen molar-refractivity contribution in [1.82, 2.24) is 0 Å². The lowest BCUT2D eigenvalue weighted by atomic mass is 10.00. The molecule has 1 nitrogen and oxygen atoms in total. The van der Waals surface area contributed by atoms with Crippen molar-refractivity contribution in [2.45, 2.75) is 90.0 Å². The molecule has 1 unspecified atom stereocenters. The van der Waals surface area contributed by atoms with Gasteiger partial charge < -0.3 is 5.73 Å². The smallest absolute Gasteiger partial charge is 0.00389 e. The molecule has 0 amide bonds. The van der Waals surface area contributed by atoms with Gasteiger partial charge >= 0.3 is 0 Å². The van der Waals surface area contributed by atoms with Crippen LogP contribution in [-0.4, -0.2) is 6.04 Å². The highest BCUT2D eigenvalue weighted by molar-refractivity contribution is 5.14. The predicted molar refractivity (Wildman–Crippen MR) is 94.6 cm³/mol. The van der Waals surface area contributed by atoms with E-state index in [0.717, 1.165) is 0 Å². The fourth-order valence-electron chi connectivity index (χ4n) is 2.90. The molecule has 0 saturated heterocycles. The number of nitrogens with two attached hydrogens (primary N) is 1. The molecular weight excluding hydrogens is 254 g/mol. The second-order valence-electron chi connectivity index (χ2n) is 6.40. The molecule has 0 fully saturated rings. The van der Waals surface area contributed by atoms with E-state index in [1.165, 1.54) is 82.6 Å². The van der Waals surface area contributed by atoms with E-state index in [-0.39, 0.29) is 0 Å². The first-order valence-electron chi connectivity index (χ1n) is 9.12. The van der Waals surface area contributed by atoms with Crippen molar-refractivity contribution < 1.29 is 0 Å². The van der Waals surface area contributed by atoms with Gasteiger partial charge in [0.05, 0.1) is 0 Å². The van der Waals surface area contributed by atoms with Gasteiger partial charge in [-0.15, -0.1) is 0 Å². The molecule has 1 aromatic carbocycles. The third kappa shape index (κ3) is 10.5. The molecular formula is C20H35N. The summed E-state index contributed by atoms with van der Waals surface area (Å²) in [7, 11) is 0. The lowest BCUT2D eigenvalue weighted by Gasteiger charge is -2.11. The van der Waals surface area contributed by atoms with Gasteiger partial charge in [-0.3, -0.25) is 0 Å². The van der Waals surface area contributed by atoms with Crippen molar-refractivity contribution in [3.8, 4) is 0 Å². The van der Waals surface area contributed by atoms with E-state index in [4.69, 9.17) is 5.73 Å². The van der Waals surface area contributed by atoms with E-state index >= 15 is 0 Å². The summed E-state index contributed by atoms with van der Waals surface area (Å²) in [4.78, 5) is 0. The average Bonchev–Trinajstić information content (AvgIpc) is 2.51. The van der Waals surface area contributed by atoms with E-state index in [1.807, 2.05) is 0 Å². The minimum atomic E-state index is 0.411. The Bertz CT molecular complexity index is 320. The van der Waals surface area contributed by atoms with Gasteiger partial charge in [-0.1, -0.05) is 88.6 Å². The van der Waals surface area contributed by atoms with Crippen LogP contribution in [-0.2, 0) is 6.42 Å². The van der Waals surface area contributed by atoms with E-state index in [2.05, 4.69) is 37.3 Å². The molecule has 1 aromatic rings. The molecule has 1 rings (SSSR count). The molecule has 0 radical (unpaired) electrons. The van der Waals surface area contributed by atoms with Crippen LogP contribution in [0.2, 0.25) is 0 Å². The fraction of sp³-hybridized carbons (Fsp3) is 0.700. The van der Waals surface area contributed by atoms with Crippen LogP contribution in [0.3, 0.4) is 0 Å². The maximum atomic E-state index is 6.22. The van der Waals surface area contributed by atoms with E-state index in [1.54, 1.807) is 0 Å². The highest BCUT2D eigenvalue weighted by Gasteiger charge is 2.02. The lowest BCUT2D eigenvalue weighted by Crippen LogP contribution is -2.19. The Morgan fingerprint density at radius 1 is 0.762 bits per heavy atom. The van der Waals surface area contributed by atoms with E-state index in [9.17, 15) is 0 Å². The fourth-order valence-corrected chi connectivity index (χ4v) is 2.90. The van der Waals surface area contributed by atoms with E-state index < -0.39 is 0 Å². The van der Waals surface area contributed by atoms with Gasteiger partial charge in [0, 0.05) is 6.04 Å². The van der Waals surface area contributed by atoms with Gasteiger partial charge in [-0.25, -0.2) is 0 Å². The van der Waals surface area contributed by atoms with Crippen LogP contribution in [0, 0.1) is 0 Å². The second-order valence-corrected chi connectivity index (χ2v) is 6.40. The molecule has 0 aliphatic carbocycles. The summed E-state index contributed by atoms with van der Waals surface area (Å²) in [6, 6.07) is 11.2. The summed E-state index contributed by atoms with van der Waals surface area (Å²) in [5, 5.41) is 0. The zero-order valence-corrected chi connectivity index (χ0v) is 14.0. The number of aryl methyl sites for hydroxylation is 1. The number of benzene rings is 1. The molecule has 21 heavy (non-hydrogen) atoms. The van der Waals surface area contributed by atoms with Crippen molar-refractivity contribution in [1.29, 1.82) is 0 Å². The minimum absolute atomic E-state index is 0.411. The number of rotatable bonds is 13. The monoisotopic (exact) mass is 289 g/mol. The molecule has 120 valence electrons. The normalized spacial score (nSPS) is 12.5. The summed E-state index contributed by atoms with van der Waals surface area (Å²) in [5.41, 5.74) is 7.66. The first-order valence-corrected chi connectivity index (χ1v) is 9.12. The van der Waals surface area contributed by atoms with Crippen LogP contribution in [0.4, 0.5) is 0 Å². The summed E-state index contributed by atoms with van der Waals surface area (Å²) < 4.78 is 0. The molecule has 0 heterocycles. The summed E-state index contributed by atoms with van der Waals surface area (Å²) >= 11 is 0. The molecule has 1 atom stereocenters. The maximum absolute atomic E-state index is 6.22. The van der Waals surface area contributed by atoms with E-state index in [0.29, 0.717) is 6.04 Å². The second kappa shape index (κ2) is 12.9. The highest BCUT2D eigenvalue weighted by atomic mass is 14.6. The maximum Gasteiger partial charge on any atom is 0.00389 e. The average molecular weight is 290 g/mol. The van der Waals surface area contributed by atoms with Crippen molar-refractivity contribution in [3.63, 3.8) is 0 Å².